The molecule has 0 amide bonds. The van der Waals surface area contributed by atoms with Gasteiger partial charge in [0.05, 0.1) is 0 Å². The molecule has 22 heteroatoms. The van der Waals surface area contributed by atoms with E-state index in [4.69, 9.17) is 133 Å². The number of aromatic nitrogens is 6. The van der Waals surface area contributed by atoms with Crippen LogP contribution < -0.4 is 4.74 Å². The van der Waals surface area contributed by atoms with Crippen LogP contribution in [0.2, 0.25) is 0 Å². The highest BCUT2D eigenvalue weighted by Crippen LogP contribution is 2.39. The van der Waals surface area contributed by atoms with Crippen LogP contribution in [0.4, 0.5) is 0 Å². The second-order valence-corrected chi connectivity index (χ2v) is 19.3. The molecule has 6 aromatic rings. The lowest BCUT2D eigenvalue weighted by molar-refractivity contribution is 0.131. The third kappa shape index (κ3) is 16.6. The number of rotatable bonds is 7. The molecule has 3 aromatic carbocycles. The zero-order valence-corrected chi connectivity index (χ0v) is 37.2. The fourth-order valence-corrected chi connectivity index (χ4v) is 4.67. The van der Waals surface area contributed by atoms with Crippen LogP contribution in [0.25, 0.3) is 36.5 Å². The molecule has 3 N–H and O–H groups in total. The van der Waals surface area contributed by atoms with E-state index in [0.717, 1.165) is 16.9 Å². The van der Waals surface area contributed by atoms with E-state index in [1.54, 1.807) is 54.6 Å². The Morgan fingerprint density at radius 3 is 1.15 bits per heavy atom. The Bertz CT molecular complexity index is 2360. The smallest absolute Gasteiger partial charge is 0.268 e. The van der Waals surface area contributed by atoms with Crippen LogP contribution in [0.1, 0.15) is 72.8 Å². The van der Waals surface area contributed by atoms with Crippen LogP contribution in [-0.2, 0) is 11.4 Å². The summed E-state index contributed by atoms with van der Waals surface area (Å²) in [5, 5.41) is 49.6. The first-order valence-electron chi connectivity index (χ1n) is 16.3. The topological polar surface area (TPSA) is 187 Å². The Kier molecular flexibility index (Phi) is 16.7. The van der Waals surface area contributed by atoms with Gasteiger partial charge in [-0.25, -0.2) is 0 Å². The molecule has 0 unspecified atom stereocenters. The van der Waals surface area contributed by atoms with E-state index in [-0.39, 0.29) is 58.2 Å². The van der Waals surface area contributed by atoms with Crippen molar-refractivity contribution in [1.29, 1.82) is 0 Å². The fraction of sp³-hybridized carbons (Fsp3) is 0.189. The lowest BCUT2D eigenvalue weighted by atomic mass is 10.1. The fourth-order valence-electron chi connectivity index (χ4n) is 3.98. The van der Waals surface area contributed by atoms with Crippen molar-refractivity contribution in [2.75, 3.05) is 0 Å². The van der Waals surface area contributed by atoms with Crippen molar-refractivity contribution in [2.45, 2.75) is 37.7 Å². The number of hydrogen-bond acceptors (Lipinski definition) is 13. The maximum Gasteiger partial charge on any atom is 0.268 e. The van der Waals surface area contributed by atoms with Gasteiger partial charge < -0.3 is 33.3 Å². The van der Waals surface area contributed by atoms with Gasteiger partial charge in [-0.2, -0.15) is 0 Å². The molecule has 3 aromatic heterocycles. The van der Waals surface area contributed by atoms with E-state index < -0.39 is 11.4 Å². The number of ether oxygens (including phenoxy) is 1. The van der Waals surface area contributed by atoms with Crippen LogP contribution in [0, 0.1) is 0 Å². The van der Waals surface area contributed by atoms with E-state index in [0.29, 0.717) is 5.56 Å². The van der Waals surface area contributed by atoms with Gasteiger partial charge in [0.1, 0.15) is 17.1 Å². The summed E-state index contributed by atoms with van der Waals surface area (Å²) in [6, 6.07) is 18.6. The van der Waals surface area contributed by atoms with Crippen LogP contribution in [-0.4, -0.2) is 51.5 Å². The second kappa shape index (κ2) is 20.6. The van der Waals surface area contributed by atoms with E-state index >= 15 is 0 Å². The first kappa shape index (κ1) is 47.8. The standard InChI is InChI=1S/C15H15Cl3N2O2.C11H7Cl3N2O3.C11H7Cl3N2O2/c1-14(2,3)22-11-7-4-10(5-8-11)6-9-12-19-20-13(21-12)15(16,17)18;12-11(13,14)10-16-15-9(19-10)4-2-6-1-3-7(17)8(18)5-6;12-11(13,14)10-16-15-9(18-10)6-3-7-1-4-8(17)5-2-7/h4-9H,1-3H3;1-5,17-18H;1-6,17H. The molecule has 0 atom stereocenters. The number of phenolic OH excluding ortho intramolecular Hbond substituents is 3. The molecule has 0 aliphatic heterocycles. The summed E-state index contributed by atoms with van der Waals surface area (Å²) in [6.45, 7) is 6.00. The summed E-state index contributed by atoms with van der Waals surface area (Å²) in [7, 11) is 0. The van der Waals surface area contributed by atoms with Gasteiger partial charge >= 0.3 is 0 Å². The SMILES string of the molecule is CC(C)(C)Oc1ccc(C=Cc2nnc(C(Cl)(Cl)Cl)o2)cc1.Oc1ccc(C=Cc2nnc(C(Cl)(Cl)Cl)o2)cc1.Oc1ccc(C=Cc2nnc(C(Cl)(Cl)Cl)o2)cc1O. The largest absolute Gasteiger partial charge is 0.508 e. The molecule has 312 valence electrons. The Hall–Kier alpha value is -3.89. The normalized spacial score (nSPS) is 12.4. The monoisotopic (exact) mass is 984 g/mol. The number of hydrogen-bond donors (Lipinski definition) is 3. The van der Waals surface area contributed by atoms with Gasteiger partial charge in [-0.05, 0) is 92.1 Å². The molecular formula is C37H29Cl9N6O7. The average molecular weight is 989 g/mol. The average Bonchev–Trinajstić information content (AvgIpc) is 3.93. The summed E-state index contributed by atoms with van der Waals surface area (Å²) in [5.41, 5.74) is 2.22. The van der Waals surface area contributed by atoms with Crippen molar-refractivity contribution in [3.8, 4) is 23.0 Å². The third-order valence-corrected chi connectivity index (χ3v) is 7.96. The quantitative estimate of drug-likeness (QED) is 0.101. The maximum absolute atomic E-state index is 9.32. The molecule has 0 spiro atoms. The summed E-state index contributed by atoms with van der Waals surface area (Å²) < 4.78 is 16.0. The number of aromatic hydroxyl groups is 3. The Morgan fingerprint density at radius 2 is 0.814 bits per heavy atom. The second-order valence-electron chi connectivity index (χ2n) is 12.5. The third-order valence-electron chi connectivity index (χ3n) is 6.50. The predicted molar refractivity (Wildman–Crippen MR) is 232 cm³/mol. The summed E-state index contributed by atoms with van der Waals surface area (Å²) in [6.07, 6.45) is 9.85. The zero-order valence-electron chi connectivity index (χ0n) is 30.4. The van der Waals surface area contributed by atoms with Gasteiger partial charge in [0.2, 0.25) is 17.7 Å². The van der Waals surface area contributed by atoms with E-state index in [1.807, 2.05) is 51.1 Å². The minimum absolute atomic E-state index is 0.0638. The Morgan fingerprint density at radius 1 is 0.458 bits per heavy atom. The lowest BCUT2D eigenvalue weighted by Gasteiger charge is -2.21. The zero-order chi connectivity index (χ0) is 43.6. The predicted octanol–water partition coefficient (Wildman–Crippen LogP) is 12.5. The molecule has 0 radical (unpaired) electrons. The maximum atomic E-state index is 9.32. The molecule has 0 fully saturated rings. The molecule has 0 aliphatic rings. The van der Waals surface area contributed by atoms with E-state index in [9.17, 15) is 5.11 Å². The highest BCUT2D eigenvalue weighted by molar-refractivity contribution is 6.67. The van der Waals surface area contributed by atoms with Crippen molar-refractivity contribution in [2.24, 2.45) is 0 Å². The first-order valence-corrected chi connectivity index (χ1v) is 19.7. The van der Waals surface area contributed by atoms with Crippen molar-refractivity contribution < 1.29 is 33.3 Å². The van der Waals surface area contributed by atoms with E-state index in [1.165, 1.54) is 18.2 Å². The molecule has 0 saturated heterocycles. The van der Waals surface area contributed by atoms with Gasteiger partial charge in [-0.3, -0.25) is 0 Å². The van der Waals surface area contributed by atoms with Gasteiger partial charge in [0.15, 0.2) is 11.5 Å². The van der Waals surface area contributed by atoms with Crippen molar-refractivity contribution >= 4 is 141 Å². The number of nitrogens with zero attached hydrogens (tertiary/aromatic N) is 6. The Balaban J connectivity index is 0.000000197. The van der Waals surface area contributed by atoms with Crippen LogP contribution in [0.3, 0.4) is 0 Å². The molecule has 0 bridgehead atoms. The Labute approximate surface area is 381 Å². The van der Waals surface area contributed by atoms with Gasteiger partial charge in [0.25, 0.3) is 29.0 Å². The first-order chi connectivity index (χ1) is 27.4. The highest BCUT2D eigenvalue weighted by atomic mass is 35.6. The molecule has 0 saturated carbocycles. The van der Waals surface area contributed by atoms with Crippen LogP contribution >= 0.6 is 104 Å². The highest BCUT2D eigenvalue weighted by Gasteiger charge is 2.31. The molecule has 13 nitrogen and oxygen atoms in total. The van der Waals surface area contributed by atoms with Crippen molar-refractivity contribution in [3.05, 3.63) is 119 Å². The van der Waals surface area contributed by atoms with Gasteiger partial charge in [-0.1, -0.05) is 135 Å². The van der Waals surface area contributed by atoms with Crippen LogP contribution in [0.15, 0.2) is 80.0 Å². The minimum Gasteiger partial charge on any atom is -0.508 e. The van der Waals surface area contributed by atoms with Crippen molar-refractivity contribution in [1.82, 2.24) is 30.6 Å². The number of halogens is 9. The summed E-state index contributed by atoms with van der Waals surface area (Å²) in [4.78, 5) is 0. The number of benzene rings is 3. The number of alkyl halides is 9. The summed E-state index contributed by atoms with van der Waals surface area (Å²) in [5.74, 6) is 0.928. The lowest BCUT2D eigenvalue weighted by Crippen LogP contribution is -2.22. The van der Waals surface area contributed by atoms with E-state index in [2.05, 4.69) is 30.6 Å². The number of phenols is 3. The van der Waals surface area contributed by atoms with Crippen molar-refractivity contribution in [3.63, 3.8) is 0 Å². The molecule has 6 rings (SSSR count). The molecule has 0 aliphatic carbocycles. The summed E-state index contributed by atoms with van der Waals surface area (Å²) >= 11 is 50.5. The molecule has 3 heterocycles. The van der Waals surface area contributed by atoms with Gasteiger partial charge in [-0.15, -0.1) is 30.6 Å². The minimum atomic E-state index is -1.77. The molecular weight excluding hydrogens is 960 g/mol. The van der Waals surface area contributed by atoms with Gasteiger partial charge in [0, 0.05) is 18.2 Å². The molecule has 59 heavy (non-hydrogen) atoms. The van der Waals surface area contributed by atoms with Crippen LogP contribution in [0.5, 0.6) is 23.0 Å².